The minimum absolute atomic E-state index is 0.521. The number of epoxide rings is 6. The molecule has 7 heterocycles. The van der Waals surface area contributed by atoms with Gasteiger partial charge in [-0.3, -0.25) is 0 Å². The van der Waals surface area contributed by atoms with Crippen molar-refractivity contribution in [3.63, 3.8) is 0 Å². The Morgan fingerprint density at radius 2 is 0.581 bits per heavy atom. The Kier molecular flexibility index (Phi) is 15.6. The van der Waals surface area contributed by atoms with Gasteiger partial charge >= 0.3 is 34.2 Å². The average Bonchev–Trinajstić information content (AvgIpc) is 4.14. The normalized spacial score (nSPS) is 50.0. The van der Waals surface area contributed by atoms with Gasteiger partial charge in [0.25, 0.3) is 0 Å². The van der Waals surface area contributed by atoms with E-state index in [-0.39, 0.29) is 0 Å². The molecule has 7 aliphatic heterocycles. The first-order valence-electron chi connectivity index (χ1n) is 31.5. The zero-order valence-corrected chi connectivity index (χ0v) is 51.6. The third kappa shape index (κ3) is 13.5. The fourth-order valence-corrected chi connectivity index (χ4v) is 44.7. The van der Waals surface area contributed by atoms with Crippen molar-refractivity contribution in [3.8, 4) is 0 Å². The van der Waals surface area contributed by atoms with E-state index in [9.17, 15) is 0 Å². The van der Waals surface area contributed by atoms with Crippen LogP contribution in [0.5, 0.6) is 0 Å². The quantitative estimate of drug-likeness (QED) is 0.0980. The second-order valence-corrected chi connectivity index (χ2v) is 47.5. The van der Waals surface area contributed by atoms with Crippen LogP contribution in [0.4, 0.5) is 0 Å². The number of hydrogen-bond donors (Lipinski definition) is 0. The standard InChI is InChI=1S/C36H64O8Si4.C23H34O2Si/c1-45(17-13-25-5-9-29-33(21-25)37-29)41-46(2,18-14-26-6-10-30-34(22-26)38-30)43-48(4,20-16-28-8-12-32-36(24-28)40-32)44-47(3,42-45)19-15-27-7-11-31-35(23-27)39-31;1-26(19-5-3-2-4-6-19,13-11-17-7-9-20-22(15-17)24-20)14-12-18-8-10-21-23(16-18)25-21/h25-36H,5-24H2,1-4H3;2-6,17-18,20-23H,7-16H2,1H3. The maximum absolute atomic E-state index is 7.67. The second-order valence-electron chi connectivity index (χ2n) is 28.5. The maximum atomic E-state index is 7.67. The molecule has 13 fully saturated rings. The molecule has 6 saturated carbocycles. The summed E-state index contributed by atoms with van der Waals surface area (Å²) >= 11 is 0. The van der Waals surface area contributed by atoms with Crippen molar-refractivity contribution in [2.45, 2.75) is 296 Å². The van der Waals surface area contributed by atoms with E-state index < -0.39 is 42.3 Å². The fraction of sp³-hybridized carbons (Fsp3) is 0.898. The van der Waals surface area contributed by atoms with Crippen LogP contribution in [0, 0.1) is 35.5 Å². The predicted octanol–water partition coefficient (Wildman–Crippen LogP) is 13.1. The Labute approximate surface area is 452 Å². The van der Waals surface area contributed by atoms with Crippen molar-refractivity contribution in [1.29, 1.82) is 0 Å². The summed E-state index contributed by atoms with van der Waals surface area (Å²) in [5.41, 5.74) is 0. The first-order valence-corrected chi connectivity index (χ1v) is 44.5. The summed E-state index contributed by atoms with van der Waals surface area (Å²) in [6, 6.07) is 18.7. The molecule has 0 N–H and O–H groups in total. The van der Waals surface area contributed by atoms with Crippen LogP contribution in [0.1, 0.15) is 154 Å². The molecule has 14 rings (SSSR count). The SMILES string of the molecule is C[Si](CCC1CCC2OC2C1)(CCC1CCC2OC2C1)c1ccccc1.C[Si]1(CCC2CCC3OC3C2)O[Si](C)(CCC2CCC3OC3C2)O[Si](C)(CCC2CCC3OC3C2)O[Si](C)(CCC2CCC3OC3C2)O1. The van der Waals surface area contributed by atoms with Gasteiger partial charge in [0.15, 0.2) is 0 Å². The number of hydrogen-bond acceptors (Lipinski definition) is 10. The van der Waals surface area contributed by atoms with Crippen LogP contribution in [0.15, 0.2) is 30.3 Å². The highest BCUT2D eigenvalue weighted by Gasteiger charge is 2.58. The van der Waals surface area contributed by atoms with Gasteiger partial charge < -0.3 is 44.9 Å². The summed E-state index contributed by atoms with van der Waals surface area (Å²) in [5, 5.41) is 1.69. The molecule has 0 radical (unpaired) electrons. The molecule has 0 spiro atoms. The van der Waals surface area contributed by atoms with Crippen molar-refractivity contribution in [1.82, 2.24) is 0 Å². The van der Waals surface area contributed by atoms with Gasteiger partial charge in [-0.15, -0.1) is 0 Å². The summed E-state index contributed by atoms with van der Waals surface area (Å²) in [4.78, 5) is 0. The van der Waals surface area contributed by atoms with Crippen LogP contribution in [0.3, 0.4) is 0 Å². The summed E-state index contributed by atoms with van der Waals surface area (Å²) in [5.74, 6) is 4.75. The van der Waals surface area contributed by atoms with Crippen LogP contribution < -0.4 is 5.19 Å². The minimum Gasteiger partial charge on any atom is -0.416 e. The molecule has 7 saturated heterocycles. The first kappa shape index (κ1) is 53.2. The lowest BCUT2D eigenvalue weighted by atomic mass is 9.87. The van der Waals surface area contributed by atoms with Gasteiger partial charge in [0.1, 0.15) is 0 Å². The third-order valence-electron chi connectivity index (χ3n) is 22.1. The van der Waals surface area contributed by atoms with Gasteiger partial charge in [-0.05, 0) is 227 Å². The molecular weight excluding hydrogens is 1010 g/mol. The Hall–Kier alpha value is -0.0956. The molecular formula is C59H98O10Si5. The van der Waals surface area contributed by atoms with E-state index in [1.54, 1.807) is 5.19 Å². The van der Waals surface area contributed by atoms with E-state index in [0.717, 1.165) is 59.7 Å². The van der Waals surface area contributed by atoms with Crippen LogP contribution in [-0.2, 0) is 44.9 Å². The van der Waals surface area contributed by atoms with Crippen molar-refractivity contribution in [2.24, 2.45) is 35.5 Å². The Bertz CT molecular complexity index is 1860. The molecule has 74 heavy (non-hydrogen) atoms. The largest absolute Gasteiger partial charge is 0.416 e. The summed E-state index contributed by atoms with van der Waals surface area (Å²) in [7, 11) is -11.8. The Balaban J connectivity index is 0.000000171. The molecule has 414 valence electrons. The molecule has 6 aliphatic carbocycles. The monoisotopic (exact) mass is 1110 g/mol. The zero-order valence-electron chi connectivity index (χ0n) is 46.6. The number of rotatable bonds is 19. The van der Waals surface area contributed by atoms with Crippen LogP contribution >= 0.6 is 0 Å². The van der Waals surface area contributed by atoms with Crippen molar-refractivity contribution >= 4 is 47.5 Å². The molecule has 0 bridgehead atoms. The number of benzene rings is 1. The third-order valence-corrected chi connectivity index (χ3v) is 45.2. The molecule has 18 atom stereocenters. The van der Waals surface area contributed by atoms with Gasteiger partial charge in [-0.25, -0.2) is 0 Å². The van der Waals surface area contributed by atoms with E-state index >= 15 is 0 Å². The van der Waals surface area contributed by atoms with E-state index in [0.29, 0.717) is 73.2 Å². The number of fused-ring (bicyclic) bond motifs is 6. The highest BCUT2D eigenvalue weighted by atomic mass is 28.5. The minimum atomic E-state index is -2.60. The van der Waals surface area contributed by atoms with E-state index in [2.05, 4.69) is 63.1 Å². The molecule has 0 aromatic heterocycles. The lowest BCUT2D eigenvalue weighted by Crippen LogP contribution is -2.67. The summed E-state index contributed by atoms with van der Waals surface area (Å²) in [6.07, 6.45) is 37.6. The molecule has 15 heteroatoms. The molecule has 13 aliphatic rings. The van der Waals surface area contributed by atoms with Gasteiger partial charge in [0.2, 0.25) is 0 Å². The first-order chi connectivity index (χ1) is 35.7. The Morgan fingerprint density at radius 1 is 0.338 bits per heavy atom. The van der Waals surface area contributed by atoms with Gasteiger partial charge in [-0.2, -0.15) is 0 Å². The summed E-state index contributed by atoms with van der Waals surface area (Å²) < 4.78 is 65.9. The second kappa shape index (κ2) is 21.7. The molecule has 18 unspecified atom stereocenters. The number of ether oxygens (including phenoxy) is 6. The maximum Gasteiger partial charge on any atom is 0.317 e. The van der Waals surface area contributed by atoms with Crippen molar-refractivity contribution in [3.05, 3.63) is 30.3 Å². The van der Waals surface area contributed by atoms with Crippen LogP contribution in [-0.4, -0.2) is 116 Å². The smallest absolute Gasteiger partial charge is 0.317 e. The Morgan fingerprint density at radius 3 is 0.824 bits per heavy atom. The molecule has 1 aromatic carbocycles. The predicted molar refractivity (Wildman–Crippen MR) is 301 cm³/mol. The topological polar surface area (TPSA) is 112 Å². The van der Waals surface area contributed by atoms with Gasteiger partial charge in [0, 0.05) is 0 Å². The lowest BCUT2D eigenvalue weighted by Gasteiger charge is -2.51. The van der Waals surface area contributed by atoms with Gasteiger partial charge in [0.05, 0.1) is 81.3 Å². The van der Waals surface area contributed by atoms with E-state index in [1.807, 2.05) is 0 Å². The van der Waals surface area contributed by atoms with E-state index in [4.69, 9.17) is 44.9 Å². The molecule has 10 nitrogen and oxygen atoms in total. The molecule has 1 aromatic rings. The lowest BCUT2D eigenvalue weighted by molar-refractivity contribution is 0.211. The fourth-order valence-electron chi connectivity index (χ4n) is 17.0. The van der Waals surface area contributed by atoms with Gasteiger partial charge in [-0.1, -0.05) is 67.0 Å². The highest BCUT2D eigenvalue weighted by molar-refractivity contribution is 6.94. The van der Waals surface area contributed by atoms with Crippen molar-refractivity contribution in [2.75, 3.05) is 0 Å². The zero-order chi connectivity index (χ0) is 50.3. The molecule has 0 amide bonds. The van der Waals surface area contributed by atoms with Crippen LogP contribution in [0.2, 0.25) is 69.0 Å². The average molecular weight is 1110 g/mol. The highest BCUT2D eigenvalue weighted by Crippen LogP contribution is 2.50. The van der Waals surface area contributed by atoms with E-state index in [1.165, 1.54) is 166 Å². The van der Waals surface area contributed by atoms with Crippen LogP contribution in [0.25, 0.3) is 0 Å². The summed E-state index contributed by atoms with van der Waals surface area (Å²) in [6.45, 7) is 12.3. The van der Waals surface area contributed by atoms with Crippen molar-refractivity contribution < 1.29 is 44.9 Å².